The van der Waals surface area contributed by atoms with Gasteiger partial charge < -0.3 is 4.74 Å². The van der Waals surface area contributed by atoms with Crippen LogP contribution in [0.3, 0.4) is 0 Å². The summed E-state index contributed by atoms with van der Waals surface area (Å²) >= 11 is 0. The van der Waals surface area contributed by atoms with Gasteiger partial charge in [0, 0.05) is 0 Å². The van der Waals surface area contributed by atoms with Crippen molar-refractivity contribution in [3.05, 3.63) is 60.2 Å². The molecule has 0 aromatic heterocycles. The van der Waals surface area contributed by atoms with Crippen LogP contribution in [0.2, 0.25) is 0 Å². The van der Waals surface area contributed by atoms with Gasteiger partial charge in [0.1, 0.15) is 5.41 Å². The molecule has 2 aromatic rings. The van der Waals surface area contributed by atoms with E-state index in [4.69, 9.17) is 4.74 Å². The number of hydrogen-bond donors (Lipinski definition) is 0. The average Bonchev–Trinajstić information content (AvgIpc) is 2.79. The third-order valence-electron chi connectivity index (χ3n) is 4.68. The molecule has 0 spiro atoms. The van der Waals surface area contributed by atoms with E-state index < -0.39 is 23.3 Å². The predicted octanol–water partition coefficient (Wildman–Crippen LogP) is 3.13. The predicted molar refractivity (Wildman–Crippen MR) is 78.6 cm³/mol. The van der Waals surface area contributed by atoms with Crippen molar-refractivity contribution in [2.75, 3.05) is 0 Å². The number of hydrogen-bond acceptors (Lipinski definition) is 3. The molecule has 0 radical (unpaired) electrons. The van der Waals surface area contributed by atoms with Crippen LogP contribution in [0.15, 0.2) is 54.6 Å². The lowest BCUT2D eigenvalue weighted by Gasteiger charge is -2.31. The van der Waals surface area contributed by atoms with Crippen molar-refractivity contribution >= 4 is 22.7 Å². The second kappa shape index (κ2) is 4.29. The van der Waals surface area contributed by atoms with Crippen LogP contribution in [0, 0.1) is 5.92 Å². The Morgan fingerprint density at radius 1 is 1.00 bits per heavy atom. The molecule has 2 aromatic carbocycles. The van der Waals surface area contributed by atoms with Gasteiger partial charge in [-0.2, -0.15) is 0 Å². The third kappa shape index (κ3) is 1.60. The van der Waals surface area contributed by atoms with Gasteiger partial charge in [0.25, 0.3) is 0 Å². The summed E-state index contributed by atoms with van der Waals surface area (Å²) in [5, 5.41) is 2.20. The maximum atomic E-state index is 12.4. The van der Waals surface area contributed by atoms with Crippen molar-refractivity contribution in [2.24, 2.45) is 5.92 Å². The quantitative estimate of drug-likeness (QED) is 0.457. The highest BCUT2D eigenvalue weighted by Gasteiger charge is 2.58. The molecule has 0 unspecified atom stereocenters. The number of esters is 2. The van der Waals surface area contributed by atoms with Crippen LogP contribution in [0.25, 0.3) is 10.8 Å². The van der Waals surface area contributed by atoms with Gasteiger partial charge in [0.05, 0.1) is 5.92 Å². The van der Waals surface area contributed by atoms with E-state index in [9.17, 15) is 9.59 Å². The van der Waals surface area contributed by atoms with E-state index in [1.54, 1.807) is 0 Å². The average molecular weight is 278 g/mol. The van der Waals surface area contributed by atoms with Crippen molar-refractivity contribution in [1.82, 2.24) is 0 Å². The fourth-order valence-corrected chi connectivity index (χ4v) is 3.53. The minimum atomic E-state index is -0.837. The monoisotopic (exact) mass is 278 g/mol. The summed E-state index contributed by atoms with van der Waals surface area (Å²) in [7, 11) is 0. The molecular formula is C18H14O3. The summed E-state index contributed by atoms with van der Waals surface area (Å²) in [4.78, 5) is 24.4. The van der Waals surface area contributed by atoms with E-state index >= 15 is 0 Å². The number of carbonyl (C=O) groups excluding carboxylic acids is 2. The molecule has 1 aliphatic carbocycles. The van der Waals surface area contributed by atoms with Crippen LogP contribution in [0.4, 0.5) is 0 Å². The van der Waals surface area contributed by atoms with E-state index in [1.165, 1.54) is 0 Å². The Morgan fingerprint density at radius 3 is 2.67 bits per heavy atom. The lowest BCUT2D eigenvalue weighted by molar-refractivity contribution is -0.154. The van der Waals surface area contributed by atoms with Crippen LogP contribution in [0.1, 0.15) is 18.4 Å². The summed E-state index contributed by atoms with van der Waals surface area (Å²) in [5.74, 6) is -1.19. The minimum Gasteiger partial charge on any atom is -0.392 e. The van der Waals surface area contributed by atoms with E-state index in [2.05, 4.69) is 0 Å². The molecule has 0 amide bonds. The highest BCUT2D eigenvalue weighted by atomic mass is 16.6. The fourth-order valence-electron chi connectivity index (χ4n) is 3.53. The number of rotatable bonds is 1. The van der Waals surface area contributed by atoms with Crippen molar-refractivity contribution in [2.45, 2.75) is 18.3 Å². The zero-order valence-electron chi connectivity index (χ0n) is 11.4. The van der Waals surface area contributed by atoms with Gasteiger partial charge in [0.2, 0.25) is 0 Å². The highest BCUT2D eigenvalue weighted by Crippen LogP contribution is 2.47. The number of carbonyl (C=O) groups is 2. The summed E-state index contributed by atoms with van der Waals surface area (Å²) in [6.07, 6.45) is 5.04. The Bertz CT molecular complexity index is 790. The smallest absolute Gasteiger partial charge is 0.325 e. The molecule has 1 aliphatic heterocycles. The molecule has 21 heavy (non-hydrogen) atoms. The summed E-state index contributed by atoms with van der Waals surface area (Å²) in [6, 6.07) is 14.0. The zero-order valence-corrected chi connectivity index (χ0v) is 11.4. The fraction of sp³-hybridized carbons (Fsp3) is 0.222. The molecule has 4 rings (SSSR count). The van der Waals surface area contributed by atoms with Crippen molar-refractivity contribution in [1.29, 1.82) is 0 Å². The number of fused-ring (bicyclic) bond motifs is 2. The van der Waals surface area contributed by atoms with Crippen LogP contribution in [-0.4, -0.2) is 11.9 Å². The van der Waals surface area contributed by atoms with Crippen molar-refractivity contribution in [3.63, 3.8) is 0 Å². The lowest BCUT2D eigenvalue weighted by Crippen LogP contribution is -2.39. The van der Waals surface area contributed by atoms with Gasteiger partial charge in [-0.25, -0.2) is 0 Å². The van der Waals surface area contributed by atoms with Crippen LogP contribution in [0.5, 0.6) is 0 Å². The molecule has 104 valence electrons. The second-order valence-electron chi connectivity index (χ2n) is 5.71. The Kier molecular flexibility index (Phi) is 2.52. The third-order valence-corrected chi connectivity index (χ3v) is 4.68. The molecule has 2 atom stereocenters. The van der Waals surface area contributed by atoms with Gasteiger partial charge in [-0.15, -0.1) is 0 Å². The van der Waals surface area contributed by atoms with E-state index in [0.717, 1.165) is 16.3 Å². The van der Waals surface area contributed by atoms with Crippen LogP contribution < -0.4 is 0 Å². The maximum Gasteiger partial charge on any atom is 0.325 e. The topological polar surface area (TPSA) is 43.4 Å². The zero-order chi connectivity index (χ0) is 14.4. The van der Waals surface area contributed by atoms with Crippen LogP contribution >= 0.6 is 0 Å². The van der Waals surface area contributed by atoms with Gasteiger partial charge in [-0.05, 0) is 35.2 Å². The first kappa shape index (κ1) is 12.3. The molecule has 0 N–H and O–H groups in total. The maximum absolute atomic E-state index is 12.4. The van der Waals surface area contributed by atoms with Gasteiger partial charge in [0.15, 0.2) is 0 Å². The molecule has 3 heteroatoms. The first-order chi connectivity index (χ1) is 10.2. The molecule has 1 heterocycles. The number of allylic oxidation sites excluding steroid dienone is 2. The summed E-state index contributed by atoms with van der Waals surface area (Å²) in [6.45, 7) is 0. The minimum absolute atomic E-state index is 0.391. The van der Waals surface area contributed by atoms with E-state index in [1.807, 2.05) is 54.6 Å². The number of ether oxygens (including phenoxy) is 1. The number of benzene rings is 2. The van der Waals surface area contributed by atoms with E-state index in [-0.39, 0.29) is 0 Å². The molecule has 1 fully saturated rings. The molecule has 0 saturated carbocycles. The largest absolute Gasteiger partial charge is 0.392 e. The Balaban J connectivity index is 1.94. The first-order valence-electron chi connectivity index (χ1n) is 7.12. The Morgan fingerprint density at radius 2 is 1.81 bits per heavy atom. The summed E-state index contributed by atoms with van der Waals surface area (Å²) in [5.41, 5.74) is 0.0435. The normalized spacial score (nSPS) is 27.7. The standard InChI is InChI=1S/C18H14O3/c19-16-15-7-3-4-10-18(15,17(20)21-16)14-9-8-12-5-1-2-6-13(12)11-14/h1-6,8-9,11,15H,7,10H2/t15-,18+/m0/s1. The van der Waals surface area contributed by atoms with Gasteiger partial charge >= 0.3 is 11.9 Å². The molecule has 0 bridgehead atoms. The van der Waals surface area contributed by atoms with Crippen molar-refractivity contribution in [3.8, 4) is 0 Å². The molecular weight excluding hydrogens is 264 g/mol. The molecule has 2 aliphatic rings. The first-order valence-corrected chi connectivity index (χ1v) is 7.12. The lowest BCUT2D eigenvalue weighted by atomic mass is 9.66. The Labute approximate surface area is 122 Å². The van der Waals surface area contributed by atoms with Gasteiger partial charge in [-0.3, -0.25) is 9.59 Å². The summed E-state index contributed by atoms with van der Waals surface area (Å²) < 4.78 is 4.96. The second-order valence-corrected chi connectivity index (χ2v) is 5.71. The SMILES string of the molecule is O=C1OC(=O)[C@@]2(c3ccc4ccccc4c3)CC=CC[C@@H]12. The highest BCUT2D eigenvalue weighted by molar-refractivity contribution is 6.04. The Hall–Kier alpha value is -2.42. The van der Waals surface area contributed by atoms with Gasteiger partial charge in [-0.1, -0.05) is 48.6 Å². The van der Waals surface area contributed by atoms with Crippen molar-refractivity contribution < 1.29 is 14.3 Å². The van der Waals surface area contributed by atoms with E-state index in [0.29, 0.717) is 12.8 Å². The molecule has 3 nitrogen and oxygen atoms in total. The number of cyclic esters (lactones) is 2. The molecule has 1 saturated heterocycles. The van der Waals surface area contributed by atoms with Crippen LogP contribution in [-0.2, 0) is 19.7 Å².